The number of likely N-dealkylation sites (N-methyl/N-ethyl adjacent to an activating group) is 1. The summed E-state index contributed by atoms with van der Waals surface area (Å²) >= 11 is 5.82. The zero-order chi connectivity index (χ0) is 18.1. The Morgan fingerprint density at radius 2 is 1.52 bits per heavy atom. The molecule has 0 saturated carbocycles. The lowest BCUT2D eigenvalue weighted by molar-refractivity contribution is 0.0767. The first kappa shape index (κ1) is 19.1. The SMILES string of the molecule is CN(CCO)C(=O)c1ccc(OCCCOc2ccc(Cl)cc2)cc1. The third kappa shape index (κ3) is 6.29. The largest absolute Gasteiger partial charge is 0.493 e. The highest BCUT2D eigenvalue weighted by Crippen LogP contribution is 2.16. The van der Waals surface area contributed by atoms with Gasteiger partial charge in [-0.1, -0.05) is 11.6 Å². The van der Waals surface area contributed by atoms with Crippen molar-refractivity contribution in [3.63, 3.8) is 0 Å². The number of hydrogen-bond acceptors (Lipinski definition) is 4. The monoisotopic (exact) mass is 363 g/mol. The molecule has 6 heteroatoms. The van der Waals surface area contributed by atoms with Gasteiger partial charge in [-0.3, -0.25) is 4.79 Å². The first-order valence-corrected chi connectivity index (χ1v) is 8.45. The molecule has 0 heterocycles. The Morgan fingerprint density at radius 1 is 1.00 bits per heavy atom. The van der Waals surface area contributed by atoms with Crippen molar-refractivity contribution in [3.05, 3.63) is 59.1 Å². The maximum Gasteiger partial charge on any atom is 0.253 e. The summed E-state index contributed by atoms with van der Waals surface area (Å²) in [6.45, 7) is 1.32. The van der Waals surface area contributed by atoms with E-state index in [1.807, 2.05) is 12.1 Å². The van der Waals surface area contributed by atoms with Crippen molar-refractivity contribution >= 4 is 17.5 Å². The third-order valence-electron chi connectivity index (χ3n) is 3.52. The topological polar surface area (TPSA) is 59.0 Å². The minimum absolute atomic E-state index is 0.0540. The summed E-state index contributed by atoms with van der Waals surface area (Å²) in [4.78, 5) is 13.5. The van der Waals surface area contributed by atoms with E-state index in [4.69, 9.17) is 26.2 Å². The lowest BCUT2D eigenvalue weighted by atomic mass is 10.2. The van der Waals surface area contributed by atoms with E-state index in [0.717, 1.165) is 12.2 Å². The average molecular weight is 364 g/mol. The fourth-order valence-corrected chi connectivity index (χ4v) is 2.26. The summed E-state index contributed by atoms with van der Waals surface area (Å²) in [5.41, 5.74) is 0.564. The van der Waals surface area contributed by atoms with Crippen LogP contribution in [0.1, 0.15) is 16.8 Å². The molecule has 2 rings (SSSR count). The summed E-state index contributed by atoms with van der Waals surface area (Å²) < 4.78 is 11.2. The van der Waals surface area contributed by atoms with Crippen molar-refractivity contribution in [1.29, 1.82) is 0 Å². The lowest BCUT2D eigenvalue weighted by Crippen LogP contribution is -2.29. The van der Waals surface area contributed by atoms with Crippen LogP contribution in [-0.4, -0.2) is 49.3 Å². The maximum absolute atomic E-state index is 12.1. The smallest absolute Gasteiger partial charge is 0.253 e. The van der Waals surface area contributed by atoms with Gasteiger partial charge in [0, 0.05) is 30.6 Å². The van der Waals surface area contributed by atoms with Gasteiger partial charge in [-0.15, -0.1) is 0 Å². The second-order valence-electron chi connectivity index (χ2n) is 5.48. The molecule has 0 spiro atoms. The van der Waals surface area contributed by atoms with Gasteiger partial charge in [-0.2, -0.15) is 0 Å². The molecule has 0 bridgehead atoms. The Balaban J connectivity index is 1.70. The molecule has 0 fully saturated rings. The van der Waals surface area contributed by atoms with Crippen molar-refractivity contribution in [2.24, 2.45) is 0 Å². The summed E-state index contributed by atoms with van der Waals surface area (Å²) in [6.07, 6.45) is 0.739. The zero-order valence-electron chi connectivity index (χ0n) is 14.2. The van der Waals surface area contributed by atoms with Crippen molar-refractivity contribution < 1.29 is 19.4 Å². The molecule has 0 aliphatic carbocycles. The van der Waals surface area contributed by atoms with Crippen LogP contribution < -0.4 is 9.47 Å². The minimum atomic E-state index is -0.128. The molecule has 1 N–H and O–H groups in total. The van der Waals surface area contributed by atoms with Crippen LogP contribution in [0.15, 0.2) is 48.5 Å². The fourth-order valence-electron chi connectivity index (χ4n) is 2.14. The van der Waals surface area contributed by atoms with E-state index in [1.54, 1.807) is 43.4 Å². The number of amides is 1. The number of carbonyl (C=O) groups is 1. The molecule has 0 saturated heterocycles. The fraction of sp³-hybridized carbons (Fsp3) is 0.316. The van der Waals surface area contributed by atoms with Gasteiger partial charge in [0.05, 0.1) is 19.8 Å². The number of nitrogens with zero attached hydrogens (tertiary/aromatic N) is 1. The van der Waals surface area contributed by atoms with Gasteiger partial charge in [-0.25, -0.2) is 0 Å². The summed E-state index contributed by atoms with van der Waals surface area (Å²) in [6, 6.07) is 14.2. The number of halogens is 1. The zero-order valence-corrected chi connectivity index (χ0v) is 14.9. The number of carbonyl (C=O) groups excluding carboxylic acids is 1. The van der Waals surface area contributed by atoms with Crippen LogP contribution in [0.4, 0.5) is 0 Å². The molecule has 0 radical (unpaired) electrons. The van der Waals surface area contributed by atoms with Gasteiger partial charge >= 0.3 is 0 Å². The van der Waals surface area contributed by atoms with Crippen molar-refractivity contribution in [1.82, 2.24) is 4.90 Å². The predicted octanol–water partition coefficient (Wildman–Crippen LogP) is 3.25. The molecule has 134 valence electrons. The molecule has 2 aromatic rings. The summed E-state index contributed by atoms with van der Waals surface area (Å²) in [5, 5.41) is 9.55. The van der Waals surface area contributed by atoms with Gasteiger partial charge in [0.25, 0.3) is 5.91 Å². The van der Waals surface area contributed by atoms with E-state index in [-0.39, 0.29) is 12.5 Å². The molecule has 5 nitrogen and oxygen atoms in total. The number of ether oxygens (including phenoxy) is 2. The Morgan fingerprint density at radius 3 is 2.04 bits per heavy atom. The van der Waals surface area contributed by atoms with Crippen molar-refractivity contribution in [3.8, 4) is 11.5 Å². The second kappa shape index (κ2) is 9.91. The van der Waals surface area contributed by atoms with E-state index in [0.29, 0.717) is 36.1 Å². The van der Waals surface area contributed by atoms with Crippen molar-refractivity contribution in [2.45, 2.75) is 6.42 Å². The van der Waals surface area contributed by atoms with Crippen LogP contribution in [0.3, 0.4) is 0 Å². The molecule has 0 aliphatic rings. The third-order valence-corrected chi connectivity index (χ3v) is 3.78. The second-order valence-corrected chi connectivity index (χ2v) is 5.92. The molecule has 2 aromatic carbocycles. The van der Waals surface area contributed by atoms with Crippen LogP contribution in [0.5, 0.6) is 11.5 Å². The number of aliphatic hydroxyl groups excluding tert-OH is 1. The van der Waals surface area contributed by atoms with Gasteiger partial charge in [-0.05, 0) is 48.5 Å². The summed E-state index contributed by atoms with van der Waals surface area (Å²) in [7, 11) is 1.66. The molecule has 1 amide bonds. The highest BCUT2D eigenvalue weighted by Gasteiger charge is 2.10. The quantitative estimate of drug-likeness (QED) is 0.695. The highest BCUT2D eigenvalue weighted by molar-refractivity contribution is 6.30. The van der Waals surface area contributed by atoms with E-state index >= 15 is 0 Å². The molecule has 0 aliphatic heterocycles. The van der Waals surface area contributed by atoms with Crippen LogP contribution in [0, 0.1) is 0 Å². The molecule has 0 unspecified atom stereocenters. The van der Waals surface area contributed by atoms with Crippen LogP contribution in [0.25, 0.3) is 0 Å². The van der Waals surface area contributed by atoms with Gasteiger partial charge in [0.15, 0.2) is 0 Å². The van der Waals surface area contributed by atoms with Crippen LogP contribution >= 0.6 is 11.6 Å². The Bertz CT molecular complexity index is 658. The number of aliphatic hydroxyl groups is 1. The first-order chi connectivity index (χ1) is 12.1. The predicted molar refractivity (Wildman–Crippen MR) is 97.5 cm³/mol. The molecule has 0 atom stereocenters. The molecular weight excluding hydrogens is 342 g/mol. The highest BCUT2D eigenvalue weighted by atomic mass is 35.5. The van der Waals surface area contributed by atoms with Gasteiger partial charge in [0.1, 0.15) is 11.5 Å². The number of rotatable bonds is 9. The maximum atomic E-state index is 12.1. The molecule has 25 heavy (non-hydrogen) atoms. The first-order valence-electron chi connectivity index (χ1n) is 8.07. The molecule has 0 aromatic heterocycles. The normalized spacial score (nSPS) is 10.4. The Kier molecular flexibility index (Phi) is 7.57. The van der Waals surface area contributed by atoms with Gasteiger partial charge in [0.2, 0.25) is 0 Å². The molecular formula is C19H22ClNO4. The number of hydrogen-bond donors (Lipinski definition) is 1. The van der Waals surface area contributed by atoms with Crippen molar-refractivity contribution in [2.75, 3.05) is 33.4 Å². The minimum Gasteiger partial charge on any atom is -0.493 e. The van der Waals surface area contributed by atoms with Crippen LogP contribution in [-0.2, 0) is 0 Å². The van der Waals surface area contributed by atoms with E-state index in [9.17, 15) is 4.79 Å². The number of benzene rings is 2. The van der Waals surface area contributed by atoms with E-state index < -0.39 is 0 Å². The van der Waals surface area contributed by atoms with Crippen LogP contribution in [0.2, 0.25) is 5.02 Å². The standard InChI is InChI=1S/C19H22ClNO4/c1-21(11-12-22)19(23)15-3-7-17(8-4-15)24-13-2-14-25-18-9-5-16(20)6-10-18/h3-10,22H,2,11-14H2,1H3. The average Bonchev–Trinajstić information content (AvgIpc) is 2.63. The Labute approximate surface area is 152 Å². The van der Waals surface area contributed by atoms with E-state index in [1.165, 1.54) is 4.90 Å². The van der Waals surface area contributed by atoms with E-state index in [2.05, 4.69) is 0 Å². The summed E-state index contributed by atoms with van der Waals surface area (Å²) in [5.74, 6) is 1.35. The lowest BCUT2D eigenvalue weighted by Gasteiger charge is -2.15. The Hall–Kier alpha value is -2.24. The van der Waals surface area contributed by atoms with Gasteiger partial charge < -0.3 is 19.5 Å².